The van der Waals surface area contributed by atoms with E-state index in [0.29, 0.717) is 0 Å². The van der Waals surface area contributed by atoms with Crippen molar-refractivity contribution < 1.29 is 49.2 Å². The standard InChI is InChI=1S/C3H6O4.Na/c1-2-6-7-3(4)5;/h2H2,1H3,(H,4,5);/q;+1/p-1. The Morgan fingerprint density at radius 3 is 2.38 bits per heavy atom. The maximum absolute atomic E-state index is 9.30. The second-order valence-corrected chi connectivity index (χ2v) is 0.740. The topological polar surface area (TPSA) is 58.6 Å². The second-order valence-electron chi connectivity index (χ2n) is 0.740. The Morgan fingerprint density at radius 2 is 2.25 bits per heavy atom. The number of carbonyl (C=O) groups is 1. The van der Waals surface area contributed by atoms with Gasteiger partial charge in [0.1, 0.15) is 0 Å². The summed E-state index contributed by atoms with van der Waals surface area (Å²) in [6.45, 7) is 1.80. The van der Waals surface area contributed by atoms with Crippen LogP contribution in [0.2, 0.25) is 0 Å². The van der Waals surface area contributed by atoms with Crippen molar-refractivity contribution >= 4 is 6.16 Å². The fourth-order valence-electron chi connectivity index (χ4n) is 0.107. The van der Waals surface area contributed by atoms with Crippen LogP contribution in [0.3, 0.4) is 0 Å². The van der Waals surface area contributed by atoms with E-state index in [1.54, 1.807) is 6.92 Å². The Kier molecular flexibility index (Phi) is 10.0. The van der Waals surface area contributed by atoms with Gasteiger partial charge in [0, 0.05) is 0 Å². The van der Waals surface area contributed by atoms with Crippen molar-refractivity contribution in [1.29, 1.82) is 0 Å². The molecule has 0 aliphatic carbocycles. The Hall–Kier alpha value is 0.230. The number of hydrogen-bond acceptors (Lipinski definition) is 4. The van der Waals surface area contributed by atoms with Crippen molar-refractivity contribution in [3.63, 3.8) is 0 Å². The fourth-order valence-corrected chi connectivity index (χ4v) is 0.107. The van der Waals surface area contributed by atoms with Gasteiger partial charge in [-0.3, -0.25) is 4.89 Å². The first kappa shape index (κ1) is 11.1. The maximum Gasteiger partial charge on any atom is 1.00 e. The van der Waals surface area contributed by atoms with Gasteiger partial charge in [-0.05, 0) is 6.92 Å². The first-order valence-corrected chi connectivity index (χ1v) is 1.77. The van der Waals surface area contributed by atoms with E-state index in [9.17, 15) is 9.90 Å². The van der Waals surface area contributed by atoms with Gasteiger partial charge in [-0.1, -0.05) is 0 Å². The van der Waals surface area contributed by atoms with Crippen molar-refractivity contribution in [2.24, 2.45) is 0 Å². The first-order chi connectivity index (χ1) is 3.27. The van der Waals surface area contributed by atoms with Crippen molar-refractivity contribution in [3.05, 3.63) is 0 Å². The van der Waals surface area contributed by atoms with Crippen LogP contribution >= 0.6 is 0 Å². The van der Waals surface area contributed by atoms with Crippen LogP contribution in [0.5, 0.6) is 0 Å². The fraction of sp³-hybridized carbons (Fsp3) is 0.667. The molecule has 0 saturated heterocycles. The third-order valence-corrected chi connectivity index (χ3v) is 0.245. The monoisotopic (exact) mass is 128 g/mol. The zero-order valence-corrected chi connectivity index (χ0v) is 6.84. The summed E-state index contributed by atoms with van der Waals surface area (Å²) in [5, 5.41) is 9.30. The minimum Gasteiger partial charge on any atom is -0.424 e. The molecular formula is C3H5NaO4. The summed E-state index contributed by atoms with van der Waals surface area (Å²) in [5.74, 6) is 0. The molecule has 0 saturated carbocycles. The van der Waals surface area contributed by atoms with E-state index in [1.807, 2.05) is 0 Å². The van der Waals surface area contributed by atoms with E-state index in [1.165, 1.54) is 0 Å². The molecule has 5 heteroatoms. The van der Waals surface area contributed by atoms with Gasteiger partial charge in [0.15, 0.2) is 0 Å². The maximum atomic E-state index is 9.30. The molecule has 4 nitrogen and oxygen atoms in total. The number of hydrogen-bond donors (Lipinski definition) is 0. The molecule has 0 aromatic heterocycles. The van der Waals surface area contributed by atoms with E-state index in [0.717, 1.165) is 0 Å². The minimum absolute atomic E-state index is 0. The molecule has 0 aromatic carbocycles. The Balaban J connectivity index is 0. The van der Waals surface area contributed by atoms with Gasteiger partial charge in [-0.25, -0.2) is 0 Å². The molecule has 0 rings (SSSR count). The number of carboxylic acid groups (broad SMARTS) is 1. The summed E-state index contributed by atoms with van der Waals surface area (Å²) in [4.78, 5) is 16.7. The Bertz CT molecular complexity index is 64.3. The van der Waals surface area contributed by atoms with E-state index in [4.69, 9.17) is 0 Å². The van der Waals surface area contributed by atoms with Crippen LogP contribution < -0.4 is 34.7 Å². The molecule has 0 aliphatic heterocycles. The minimum atomic E-state index is -1.66. The van der Waals surface area contributed by atoms with Crippen LogP contribution in [0.15, 0.2) is 0 Å². The summed E-state index contributed by atoms with van der Waals surface area (Å²) in [5.41, 5.74) is 0. The number of rotatable bonds is 2. The van der Waals surface area contributed by atoms with Crippen molar-refractivity contribution in [1.82, 2.24) is 0 Å². The molecule has 0 aromatic rings. The van der Waals surface area contributed by atoms with Gasteiger partial charge in [0.25, 0.3) is 6.16 Å². The van der Waals surface area contributed by atoms with Gasteiger partial charge in [0.05, 0.1) is 6.61 Å². The zero-order valence-electron chi connectivity index (χ0n) is 4.84. The van der Waals surface area contributed by atoms with Crippen LogP contribution in [0.1, 0.15) is 6.92 Å². The summed E-state index contributed by atoms with van der Waals surface area (Å²) in [6.07, 6.45) is -1.66. The first-order valence-electron chi connectivity index (χ1n) is 1.77. The average molecular weight is 128 g/mol. The van der Waals surface area contributed by atoms with E-state index in [-0.39, 0.29) is 36.2 Å². The van der Waals surface area contributed by atoms with E-state index < -0.39 is 6.16 Å². The van der Waals surface area contributed by atoms with Crippen LogP contribution in [-0.2, 0) is 9.78 Å². The summed E-state index contributed by atoms with van der Waals surface area (Å²) < 4.78 is 0. The molecule has 42 valence electrons. The quantitative estimate of drug-likeness (QED) is 0.218. The molecule has 0 N–H and O–H groups in total. The third-order valence-electron chi connectivity index (χ3n) is 0.245. The predicted molar refractivity (Wildman–Crippen MR) is 18.1 cm³/mol. The van der Waals surface area contributed by atoms with E-state index >= 15 is 0 Å². The van der Waals surface area contributed by atoms with E-state index in [2.05, 4.69) is 9.78 Å². The molecule has 0 unspecified atom stereocenters. The summed E-state index contributed by atoms with van der Waals surface area (Å²) in [6, 6.07) is 0. The van der Waals surface area contributed by atoms with Gasteiger partial charge >= 0.3 is 29.6 Å². The number of carbonyl (C=O) groups excluding carboxylic acids is 1. The SMILES string of the molecule is CCOOC(=O)[O-].[Na+]. The van der Waals surface area contributed by atoms with Gasteiger partial charge in [0.2, 0.25) is 0 Å². The van der Waals surface area contributed by atoms with Crippen molar-refractivity contribution in [2.45, 2.75) is 6.92 Å². The molecule has 0 spiro atoms. The Labute approximate surface area is 69.0 Å². The average Bonchev–Trinajstić information content (AvgIpc) is 1.61. The van der Waals surface area contributed by atoms with Crippen LogP contribution in [0.4, 0.5) is 4.79 Å². The molecule has 0 bridgehead atoms. The smallest absolute Gasteiger partial charge is 0.424 e. The summed E-state index contributed by atoms with van der Waals surface area (Å²) in [7, 11) is 0. The molecule has 0 fully saturated rings. The van der Waals surface area contributed by atoms with Crippen LogP contribution in [-0.4, -0.2) is 12.8 Å². The zero-order chi connectivity index (χ0) is 5.70. The van der Waals surface area contributed by atoms with Gasteiger partial charge < -0.3 is 14.8 Å². The molecule has 0 aliphatic rings. The summed E-state index contributed by atoms with van der Waals surface area (Å²) >= 11 is 0. The van der Waals surface area contributed by atoms with Crippen molar-refractivity contribution in [3.8, 4) is 0 Å². The molecule has 0 radical (unpaired) electrons. The molecule has 0 atom stereocenters. The predicted octanol–water partition coefficient (Wildman–Crippen LogP) is -3.70. The van der Waals surface area contributed by atoms with Gasteiger partial charge in [-0.2, -0.15) is 0 Å². The van der Waals surface area contributed by atoms with Gasteiger partial charge in [-0.15, -0.1) is 0 Å². The largest absolute Gasteiger partial charge is 1.00 e. The van der Waals surface area contributed by atoms with Crippen LogP contribution in [0.25, 0.3) is 0 Å². The Morgan fingerprint density at radius 1 is 1.75 bits per heavy atom. The molecule has 0 amide bonds. The second kappa shape index (κ2) is 7.23. The molecule has 8 heavy (non-hydrogen) atoms. The molecule has 0 heterocycles. The third kappa shape index (κ3) is 9.52. The van der Waals surface area contributed by atoms with Crippen molar-refractivity contribution in [2.75, 3.05) is 6.61 Å². The van der Waals surface area contributed by atoms with Crippen LogP contribution in [0, 0.1) is 0 Å². The normalized spacial score (nSPS) is 7.12. The molecular weight excluding hydrogens is 123 g/mol.